The van der Waals surface area contributed by atoms with Gasteiger partial charge in [-0.2, -0.15) is 0 Å². The molecule has 3 N–H and O–H groups in total. The molecule has 5 heteroatoms. The Bertz CT molecular complexity index is 374. The molecule has 0 bridgehead atoms. The average Bonchev–Trinajstić information content (AvgIpc) is 2.81. The Hall–Kier alpha value is -1.62. The van der Waals surface area contributed by atoms with Crippen LogP contribution in [0, 0.1) is 5.82 Å². The molecule has 0 aromatic heterocycles. The maximum atomic E-state index is 12.6. The van der Waals surface area contributed by atoms with Gasteiger partial charge in [0.05, 0.1) is 0 Å². The van der Waals surface area contributed by atoms with Gasteiger partial charge >= 0.3 is 6.03 Å². The van der Waals surface area contributed by atoms with E-state index in [-0.39, 0.29) is 17.9 Å². The van der Waals surface area contributed by atoms with Crippen molar-refractivity contribution in [1.29, 1.82) is 0 Å². The SMILES string of the molecule is O=C(NCc1ccc(F)cc1)NC1CCNC1. The van der Waals surface area contributed by atoms with E-state index in [2.05, 4.69) is 16.0 Å². The minimum atomic E-state index is -0.268. The molecule has 17 heavy (non-hydrogen) atoms. The maximum absolute atomic E-state index is 12.6. The average molecular weight is 237 g/mol. The van der Waals surface area contributed by atoms with E-state index in [1.165, 1.54) is 12.1 Å². The van der Waals surface area contributed by atoms with Gasteiger partial charge in [-0.15, -0.1) is 0 Å². The summed E-state index contributed by atoms with van der Waals surface area (Å²) in [5, 5.41) is 8.79. The Balaban J connectivity index is 1.73. The van der Waals surface area contributed by atoms with Gasteiger partial charge in [0, 0.05) is 19.1 Å². The van der Waals surface area contributed by atoms with E-state index in [1.54, 1.807) is 12.1 Å². The molecule has 92 valence electrons. The lowest BCUT2D eigenvalue weighted by atomic mass is 10.2. The molecule has 2 amide bonds. The van der Waals surface area contributed by atoms with Crippen LogP contribution >= 0.6 is 0 Å². The normalized spacial score (nSPS) is 19.0. The van der Waals surface area contributed by atoms with Crippen LogP contribution < -0.4 is 16.0 Å². The number of halogens is 1. The van der Waals surface area contributed by atoms with Gasteiger partial charge in [0.1, 0.15) is 5.82 Å². The first-order valence-electron chi connectivity index (χ1n) is 5.73. The van der Waals surface area contributed by atoms with Crippen LogP contribution in [0.1, 0.15) is 12.0 Å². The molecule has 1 atom stereocenters. The van der Waals surface area contributed by atoms with E-state index in [1.807, 2.05) is 0 Å². The second-order valence-electron chi connectivity index (χ2n) is 4.14. The van der Waals surface area contributed by atoms with Crippen LogP contribution in [0.15, 0.2) is 24.3 Å². The van der Waals surface area contributed by atoms with E-state index < -0.39 is 0 Å². The monoisotopic (exact) mass is 237 g/mol. The smallest absolute Gasteiger partial charge is 0.315 e. The molecular formula is C12H16FN3O. The third-order valence-corrected chi connectivity index (χ3v) is 2.76. The molecule has 4 nitrogen and oxygen atoms in total. The lowest BCUT2D eigenvalue weighted by molar-refractivity contribution is 0.237. The van der Waals surface area contributed by atoms with Gasteiger partial charge in [0.25, 0.3) is 0 Å². The third-order valence-electron chi connectivity index (χ3n) is 2.76. The number of urea groups is 1. The van der Waals surface area contributed by atoms with Crippen molar-refractivity contribution in [3.8, 4) is 0 Å². The van der Waals surface area contributed by atoms with Gasteiger partial charge in [0.2, 0.25) is 0 Å². The lowest BCUT2D eigenvalue weighted by Crippen LogP contribution is -2.42. The van der Waals surface area contributed by atoms with Crippen LogP contribution in [-0.4, -0.2) is 25.2 Å². The van der Waals surface area contributed by atoms with Crippen LogP contribution in [0.3, 0.4) is 0 Å². The topological polar surface area (TPSA) is 53.2 Å². The number of benzene rings is 1. The maximum Gasteiger partial charge on any atom is 0.315 e. The zero-order valence-electron chi connectivity index (χ0n) is 9.50. The third kappa shape index (κ3) is 3.71. The fraction of sp³-hybridized carbons (Fsp3) is 0.417. The zero-order valence-corrected chi connectivity index (χ0v) is 9.50. The minimum absolute atomic E-state index is 0.178. The van der Waals surface area contributed by atoms with Crippen molar-refractivity contribution in [2.24, 2.45) is 0 Å². The molecular weight excluding hydrogens is 221 g/mol. The van der Waals surface area contributed by atoms with E-state index >= 15 is 0 Å². The summed E-state index contributed by atoms with van der Waals surface area (Å²) in [6.45, 7) is 2.18. The largest absolute Gasteiger partial charge is 0.334 e. The van der Waals surface area contributed by atoms with Gasteiger partial charge in [0.15, 0.2) is 0 Å². The Morgan fingerprint density at radius 1 is 1.41 bits per heavy atom. The number of hydrogen-bond acceptors (Lipinski definition) is 2. The van der Waals surface area contributed by atoms with E-state index in [0.29, 0.717) is 6.54 Å². The molecule has 1 unspecified atom stereocenters. The number of carbonyl (C=O) groups is 1. The predicted molar refractivity (Wildman–Crippen MR) is 63.0 cm³/mol. The van der Waals surface area contributed by atoms with Crippen LogP contribution in [0.4, 0.5) is 9.18 Å². The molecule has 1 aromatic carbocycles. The van der Waals surface area contributed by atoms with Crippen molar-refractivity contribution in [2.75, 3.05) is 13.1 Å². The molecule has 0 saturated carbocycles. The fourth-order valence-corrected chi connectivity index (χ4v) is 1.80. The fourth-order valence-electron chi connectivity index (χ4n) is 1.80. The van der Waals surface area contributed by atoms with Gasteiger partial charge < -0.3 is 16.0 Å². The number of hydrogen-bond donors (Lipinski definition) is 3. The van der Waals surface area contributed by atoms with E-state index in [4.69, 9.17) is 0 Å². The van der Waals surface area contributed by atoms with E-state index in [9.17, 15) is 9.18 Å². The van der Waals surface area contributed by atoms with Crippen LogP contribution in [0.5, 0.6) is 0 Å². The van der Waals surface area contributed by atoms with Crippen molar-refractivity contribution in [3.05, 3.63) is 35.6 Å². The van der Waals surface area contributed by atoms with E-state index in [0.717, 1.165) is 25.1 Å². The van der Waals surface area contributed by atoms with Crippen LogP contribution in [-0.2, 0) is 6.54 Å². The summed E-state index contributed by atoms with van der Waals surface area (Å²) in [5.41, 5.74) is 0.881. The number of amides is 2. The standard InChI is InChI=1S/C12H16FN3O/c13-10-3-1-9(2-4-10)7-15-12(17)16-11-5-6-14-8-11/h1-4,11,14H,5-8H2,(H2,15,16,17). The molecule has 0 radical (unpaired) electrons. The second kappa shape index (κ2) is 5.63. The molecule has 1 aliphatic rings. The molecule has 1 aliphatic heterocycles. The summed E-state index contributed by atoms with van der Waals surface area (Å²) in [6.07, 6.45) is 0.962. The highest BCUT2D eigenvalue weighted by Crippen LogP contribution is 2.02. The molecule has 1 saturated heterocycles. The quantitative estimate of drug-likeness (QED) is 0.734. The Morgan fingerprint density at radius 3 is 2.82 bits per heavy atom. The summed E-state index contributed by atoms with van der Waals surface area (Å²) in [5.74, 6) is -0.268. The Morgan fingerprint density at radius 2 is 2.18 bits per heavy atom. The highest BCUT2D eigenvalue weighted by atomic mass is 19.1. The zero-order chi connectivity index (χ0) is 12.1. The van der Waals surface area contributed by atoms with Gasteiger partial charge in [-0.1, -0.05) is 12.1 Å². The predicted octanol–water partition coefficient (Wildman–Crippen LogP) is 0.987. The first-order chi connectivity index (χ1) is 8.24. The second-order valence-corrected chi connectivity index (χ2v) is 4.14. The van der Waals surface area contributed by atoms with Crippen molar-refractivity contribution in [1.82, 2.24) is 16.0 Å². The van der Waals surface area contributed by atoms with Gasteiger partial charge in [-0.3, -0.25) is 0 Å². The molecule has 1 fully saturated rings. The first kappa shape index (κ1) is 11.9. The number of rotatable bonds is 3. The highest BCUT2D eigenvalue weighted by molar-refractivity contribution is 5.74. The summed E-state index contributed by atoms with van der Waals surface area (Å²) in [6, 6.07) is 6.12. The summed E-state index contributed by atoms with van der Waals surface area (Å²) in [7, 11) is 0. The summed E-state index contributed by atoms with van der Waals surface area (Å²) in [4.78, 5) is 11.5. The molecule has 0 aliphatic carbocycles. The highest BCUT2D eigenvalue weighted by Gasteiger charge is 2.15. The summed E-state index contributed by atoms with van der Waals surface area (Å²) < 4.78 is 12.6. The number of nitrogens with one attached hydrogen (secondary N) is 3. The molecule has 0 spiro atoms. The summed E-state index contributed by atoms with van der Waals surface area (Å²) >= 11 is 0. The van der Waals surface area contributed by atoms with Crippen molar-refractivity contribution >= 4 is 6.03 Å². The van der Waals surface area contributed by atoms with Crippen molar-refractivity contribution < 1.29 is 9.18 Å². The Kier molecular flexibility index (Phi) is 3.93. The van der Waals surface area contributed by atoms with Gasteiger partial charge in [-0.25, -0.2) is 9.18 Å². The number of carbonyl (C=O) groups excluding carboxylic acids is 1. The van der Waals surface area contributed by atoms with Crippen LogP contribution in [0.2, 0.25) is 0 Å². The molecule has 1 heterocycles. The van der Waals surface area contributed by atoms with Crippen molar-refractivity contribution in [3.63, 3.8) is 0 Å². The minimum Gasteiger partial charge on any atom is -0.334 e. The van der Waals surface area contributed by atoms with Gasteiger partial charge in [-0.05, 0) is 30.7 Å². The Labute approximate surface area is 99.6 Å². The lowest BCUT2D eigenvalue weighted by Gasteiger charge is -2.12. The molecule has 1 aromatic rings. The first-order valence-corrected chi connectivity index (χ1v) is 5.73. The van der Waals surface area contributed by atoms with Crippen molar-refractivity contribution in [2.45, 2.75) is 19.0 Å². The van der Waals surface area contributed by atoms with Crippen LogP contribution in [0.25, 0.3) is 0 Å². The molecule has 2 rings (SSSR count).